The van der Waals surface area contributed by atoms with Gasteiger partial charge < -0.3 is 0 Å². The smallest absolute Gasteiger partial charge is 0.0629 e. The largest absolute Gasteiger partial charge is 0.143 e. The minimum Gasteiger partial charge on any atom is -0.143 e. The fourth-order valence-electron chi connectivity index (χ4n) is 0.484. The van der Waals surface area contributed by atoms with Gasteiger partial charge in [0.05, 0.1) is 5.25 Å². The maximum absolute atomic E-state index is 5.20. The fourth-order valence-corrected chi connectivity index (χ4v) is 1.45. The Hall–Kier alpha value is -0.0900. The summed E-state index contributed by atoms with van der Waals surface area (Å²) in [6.45, 7) is 6.45. The van der Waals surface area contributed by atoms with E-state index in [1.165, 1.54) is 6.42 Å². The molecule has 2 atom stereocenters. The Morgan fingerprint density at radius 1 is 1.56 bits per heavy atom. The van der Waals surface area contributed by atoms with E-state index in [0.29, 0.717) is 10.5 Å². The van der Waals surface area contributed by atoms with Crippen molar-refractivity contribution in [3.63, 3.8) is 0 Å². The fraction of sp³-hybridized carbons (Fsp3) is 0.750. The molecular formula is C8H14S. The third-order valence-electron chi connectivity index (χ3n) is 1.25. The lowest BCUT2D eigenvalue weighted by molar-refractivity contribution is 0.902. The van der Waals surface area contributed by atoms with Gasteiger partial charge in [0.25, 0.3) is 0 Å². The number of rotatable bonds is 3. The van der Waals surface area contributed by atoms with Crippen LogP contribution >= 0.6 is 11.8 Å². The second-order valence-corrected chi connectivity index (χ2v) is 3.95. The molecule has 1 heteroatoms. The van der Waals surface area contributed by atoms with E-state index in [-0.39, 0.29) is 0 Å². The second-order valence-electron chi connectivity index (χ2n) is 2.16. The molecule has 0 bridgehead atoms. The van der Waals surface area contributed by atoms with Crippen LogP contribution in [-0.2, 0) is 0 Å². The van der Waals surface area contributed by atoms with Crippen LogP contribution in [0.25, 0.3) is 0 Å². The molecule has 0 N–H and O–H groups in total. The van der Waals surface area contributed by atoms with Gasteiger partial charge in [-0.1, -0.05) is 19.8 Å². The summed E-state index contributed by atoms with van der Waals surface area (Å²) >= 11 is 1.86. The van der Waals surface area contributed by atoms with E-state index in [1.807, 2.05) is 11.8 Å². The normalized spacial score (nSPS) is 16.2. The maximum atomic E-state index is 5.20. The predicted molar refractivity (Wildman–Crippen MR) is 45.6 cm³/mol. The Labute approximate surface area is 62.4 Å². The molecule has 0 aromatic rings. The van der Waals surface area contributed by atoms with Gasteiger partial charge in [-0.05, 0) is 13.3 Å². The highest BCUT2D eigenvalue weighted by Gasteiger charge is 2.02. The molecule has 0 heterocycles. The molecule has 0 saturated heterocycles. The van der Waals surface area contributed by atoms with Gasteiger partial charge in [0, 0.05) is 5.25 Å². The lowest BCUT2D eigenvalue weighted by atomic mass is 10.4. The highest BCUT2D eigenvalue weighted by atomic mass is 32.2. The van der Waals surface area contributed by atoms with E-state index < -0.39 is 0 Å². The van der Waals surface area contributed by atoms with E-state index in [9.17, 15) is 0 Å². The molecule has 0 aliphatic heterocycles. The van der Waals surface area contributed by atoms with Gasteiger partial charge in [-0.15, -0.1) is 18.2 Å². The molecule has 0 fully saturated rings. The summed E-state index contributed by atoms with van der Waals surface area (Å²) in [7, 11) is 0. The molecule has 9 heavy (non-hydrogen) atoms. The second kappa shape index (κ2) is 4.76. The first-order valence-corrected chi connectivity index (χ1v) is 4.26. The van der Waals surface area contributed by atoms with Crippen molar-refractivity contribution in [1.82, 2.24) is 0 Å². The monoisotopic (exact) mass is 142 g/mol. The minimum atomic E-state index is 0.375. The first-order chi connectivity index (χ1) is 4.20. The molecule has 52 valence electrons. The first-order valence-electron chi connectivity index (χ1n) is 3.32. The van der Waals surface area contributed by atoms with Crippen LogP contribution in [0.5, 0.6) is 0 Å². The quantitative estimate of drug-likeness (QED) is 0.546. The summed E-state index contributed by atoms with van der Waals surface area (Å²) in [5.74, 6) is 2.69. The third kappa shape index (κ3) is 4.42. The van der Waals surface area contributed by atoms with Crippen molar-refractivity contribution in [1.29, 1.82) is 0 Å². The molecule has 0 aromatic carbocycles. The van der Waals surface area contributed by atoms with Crippen LogP contribution in [0, 0.1) is 12.3 Å². The Kier molecular flexibility index (Phi) is 4.71. The van der Waals surface area contributed by atoms with Crippen LogP contribution in [0.4, 0.5) is 0 Å². The van der Waals surface area contributed by atoms with Crippen molar-refractivity contribution >= 4 is 11.8 Å². The predicted octanol–water partition coefficient (Wildman–Crippen LogP) is 2.54. The summed E-state index contributed by atoms with van der Waals surface area (Å²) in [6, 6.07) is 0. The molecule has 0 aliphatic rings. The van der Waals surface area contributed by atoms with E-state index in [1.54, 1.807) is 0 Å². The Morgan fingerprint density at radius 2 is 2.11 bits per heavy atom. The molecule has 0 radical (unpaired) electrons. The average Bonchev–Trinajstić information content (AvgIpc) is 1.87. The van der Waals surface area contributed by atoms with Crippen LogP contribution in [0.1, 0.15) is 27.2 Å². The Bertz CT molecular complexity index is 102. The van der Waals surface area contributed by atoms with Crippen molar-refractivity contribution in [3.05, 3.63) is 0 Å². The molecule has 0 aliphatic carbocycles. The van der Waals surface area contributed by atoms with Crippen molar-refractivity contribution in [3.8, 4) is 12.3 Å². The summed E-state index contributed by atoms with van der Waals surface area (Å²) < 4.78 is 0. The molecule has 0 spiro atoms. The van der Waals surface area contributed by atoms with Gasteiger partial charge in [0.1, 0.15) is 0 Å². The van der Waals surface area contributed by atoms with Gasteiger partial charge in [-0.25, -0.2) is 0 Å². The summed E-state index contributed by atoms with van der Waals surface area (Å²) in [5.41, 5.74) is 0. The molecule has 0 rings (SSSR count). The van der Waals surface area contributed by atoms with E-state index in [2.05, 4.69) is 26.7 Å². The van der Waals surface area contributed by atoms with Crippen LogP contribution in [-0.4, -0.2) is 10.5 Å². The minimum absolute atomic E-state index is 0.375. The van der Waals surface area contributed by atoms with Crippen LogP contribution < -0.4 is 0 Å². The standard InChI is InChI=1S/C8H14S/c1-5-7(3)9-8(4)6-2/h1,7-8H,6H2,2-4H3. The highest BCUT2D eigenvalue weighted by molar-refractivity contribution is 8.00. The maximum Gasteiger partial charge on any atom is 0.0629 e. The van der Waals surface area contributed by atoms with E-state index >= 15 is 0 Å². The number of thioether (sulfide) groups is 1. The molecule has 2 unspecified atom stereocenters. The van der Waals surface area contributed by atoms with E-state index in [0.717, 1.165) is 0 Å². The SMILES string of the molecule is C#CC(C)SC(C)CC. The van der Waals surface area contributed by atoms with Crippen LogP contribution in [0.2, 0.25) is 0 Å². The van der Waals surface area contributed by atoms with Crippen molar-refractivity contribution < 1.29 is 0 Å². The third-order valence-corrected chi connectivity index (χ3v) is 2.59. The average molecular weight is 142 g/mol. The van der Waals surface area contributed by atoms with Crippen molar-refractivity contribution in [2.75, 3.05) is 0 Å². The zero-order valence-corrected chi connectivity index (χ0v) is 7.16. The zero-order chi connectivity index (χ0) is 7.28. The lowest BCUT2D eigenvalue weighted by Gasteiger charge is -2.09. The number of hydrogen-bond donors (Lipinski definition) is 0. The zero-order valence-electron chi connectivity index (χ0n) is 6.35. The van der Waals surface area contributed by atoms with Crippen LogP contribution in [0.15, 0.2) is 0 Å². The lowest BCUT2D eigenvalue weighted by Crippen LogP contribution is -2.00. The first kappa shape index (κ1) is 8.91. The summed E-state index contributed by atoms with van der Waals surface area (Å²) in [4.78, 5) is 0. The van der Waals surface area contributed by atoms with Gasteiger partial charge in [-0.2, -0.15) is 0 Å². The summed E-state index contributed by atoms with van der Waals surface area (Å²) in [6.07, 6.45) is 6.41. The van der Waals surface area contributed by atoms with Gasteiger partial charge in [-0.3, -0.25) is 0 Å². The molecular weight excluding hydrogens is 128 g/mol. The molecule has 0 saturated carbocycles. The van der Waals surface area contributed by atoms with Gasteiger partial charge >= 0.3 is 0 Å². The van der Waals surface area contributed by atoms with Crippen molar-refractivity contribution in [2.24, 2.45) is 0 Å². The van der Waals surface area contributed by atoms with Crippen LogP contribution in [0.3, 0.4) is 0 Å². The van der Waals surface area contributed by atoms with Gasteiger partial charge in [0.2, 0.25) is 0 Å². The van der Waals surface area contributed by atoms with E-state index in [4.69, 9.17) is 6.42 Å². The summed E-state index contributed by atoms with van der Waals surface area (Å²) in [5, 5.41) is 1.08. The van der Waals surface area contributed by atoms with Crippen molar-refractivity contribution in [2.45, 2.75) is 37.7 Å². The Balaban J connectivity index is 3.37. The topological polar surface area (TPSA) is 0 Å². The number of hydrogen-bond acceptors (Lipinski definition) is 1. The highest BCUT2D eigenvalue weighted by Crippen LogP contribution is 2.18. The molecule has 0 aromatic heterocycles. The Morgan fingerprint density at radius 3 is 2.44 bits per heavy atom. The molecule has 0 amide bonds. The number of terminal acetylenes is 1. The van der Waals surface area contributed by atoms with Gasteiger partial charge in [0.15, 0.2) is 0 Å². The molecule has 0 nitrogen and oxygen atoms in total.